The summed E-state index contributed by atoms with van der Waals surface area (Å²) in [6.07, 6.45) is 1.43. The Bertz CT molecular complexity index is 859. The first kappa shape index (κ1) is 15.2. The molecule has 0 unspecified atom stereocenters. The molecule has 2 heterocycles. The number of carbonyl (C=O) groups excluding carboxylic acids is 1. The van der Waals surface area contributed by atoms with Crippen molar-refractivity contribution in [1.82, 2.24) is 15.1 Å². The molecule has 7 heteroatoms. The molecular formula is C16H12ClN3O3. The van der Waals surface area contributed by atoms with Gasteiger partial charge >= 0.3 is 0 Å². The number of aryl methyl sites for hydroxylation is 1. The fourth-order valence-electron chi connectivity index (χ4n) is 2.13. The lowest BCUT2D eigenvalue weighted by molar-refractivity contribution is 0.108. The molecule has 6 nitrogen and oxygen atoms in total. The molecule has 0 N–H and O–H groups in total. The standard InChI is InChI=1S/C16H12ClN3O3/c1-9-19-16(20-23-9)10-3-5-12(14(7-10)22-2)13-6-4-11(8-18-13)15(17)21/h3-8H,1-2H3. The maximum atomic E-state index is 11.1. The molecule has 0 amide bonds. The van der Waals surface area contributed by atoms with Gasteiger partial charge in [-0.05, 0) is 35.9 Å². The summed E-state index contributed by atoms with van der Waals surface area (Å²) in [4.78, 5) is 19.5. The van der Waals surface area contributed by atoms with Gasteiger partial charge in [0, 0.05) is 24.2 Å². The minimum Gasteiger partial charge on any atom is -0.496 e. The highest BCUT2D eigenvalue weighted by atomic mass is 35.5. The van der Waals surface area contributed by atoms with Crippen molar-refractivity contribution in [2.24, 2.45) is 0 Å². The number of nitrogens with zero attached hydrogens (tertiary/aromatic N) is 3. The summed E-state index contributed by atoms with van der Waals surface area (Å²) in [6, 6.07) is 8.84. The van der Waals surface area contributed by atoms with Gasteiger partial charge in [-0.1, -0.05) is 11.2 Å². The van der Waals surface area contributed by atoms with Crippen LogP contribution in [0.3, 0.4) is 0 Å². The fourth-order valence-corrected chi connectivity index (χ4v) is 2.24. The molecule has 2 aromatic heterocycles. The predicted molar refractivity (Wildman–Crippen MR) is 84.4 cm³/mol. The van der Waals surface area contributed by atoms with E-state index in [-0.39, 0.29) is 0 Å². The van der Waals surface area contributed by atoms with Crippen LogP contribution in [0.25, 0.3) is 22.6 Å². The first-order valence-electron chi connectivity index (χ1n) is 6.73. The second kappa shape index (κ2) is 6.18. The number of rotatable bonds is 4. The zero-order valence-electron chi connectivity index (χ0n) is 12.4. The number of hydrogen-bond acceptors (Lipinski definition) is 6. The van der Waals surface area contributed by atoms with E-state index in [2.05, 4.69) is 15.1 Å². The van der Waals surface area contributed by atoms with Crippen molar-refractivity contribution in [2.45, 2.75) is 6.92 Å². The molecule has 0 saturated carbocycles. The van der Waals surface area contributed by atoms with Crippen LogP contribution < -0.4 is 4.74 Å². The Morgan fingerprint density at radius 3 is 2.65 bits per heavy atom. The molecule has 116 valence electrons. The molecule has 3 aromatic rings. The molecular weight excluding hydrogens is 318 g/mol. The Morgan fingerprint density at radius 1 is 1.26 bits per heavy atom. The monoisotopic (exact) mass is 329 g/mol. The summed E-state index contributed by atoms with van der Waals surface area (Å²) in [6.45, 7) is 1.73. The van der Waals surface area contributed by atoms with Gasteiger partial charge in [0.25, 0.3) is 5.24 Å². The van der Waals surface area contributed by atoms with E-state index in [0.29, 0.717) is 28.7 Å². The van der Waals surface area contributed by atoms with Gasteiger partial charge in [-0.15, -0.1) is 0 Å². The van der Waals surface area contributed by atoms with Crippen molar-refractivity contribution in [3.63, 3.8) is 0 Å². The van der Waals surface area contributed by atoms with Gasteiger partial charge in [-0.25, -0.2) is 0 Å². The minimum absolute atomic E-state index is 0.341. The number of ether oxygens (including phenoxy) is 1. The molecule has 0 aliphatic carbocycles. The summed E-state index contributed by atoms with van der Waals surface area (Å²) in [5, 5.41) is 3.34. The maximum absolute atomic E-state index is 11.1. The highest BCUT2D eigenvalue weighted by Gasteiger charge is 2.13. The Kier molecular flexibility index (Phi) is 4.08. The molecule has 0 bridgehead atoms. The van der Waals surface area contributed by atoms with Gasteiger partial charge in [0.1, 0.15) is 5.75 Å². The number of aromatic nitrogens is 3. The number of hydrogen-bond donors (Lipinski definition) is 0. The van der Waals surface area contributed by atoms with E-state index in [1.165, 1.54) is 6.20 Å². The normalized spacial score (nSPS) is 10.6. The number of halogens is 1. The highest BCUT2D eigenvalue weighted by molar-refractivity contribution is 6.67. The van der Waals surface area contributed by atoms with Crippen LogP contribution in [-0.4, -0.2) is 27.5 Å². The van der Waals surface area contributed by atoms with E-state index >= 15 is 0 Å². The highest BCUT2D eigenvalue weighted by Crippen LogP contribution is 2.32. The fraction of sp³-hybridized carbons (Fsp3) is 0.125. The van der Waals surface area contributed by atoms with Crippen molar-refractivity contribution in [2.75, 3.05) is 7.11 Å². The predicted octanol–water partition coefficient (Wildman–Crippen LogP) is 3.49. The smallest absolute Gasteiger partial charge is 0.253 e. The average Bonchev–Trinajstić information content (AvgIpc) is 3.01. The van der Waals surface area contributed by atoms with Crippen LogP contribution in [0.1, 0.15) is 16.2 Å². The van der Waals surface area contributed by atoms with Gasteiger partial charge in [-0.2, -0.15) is 4.98 Å². The largest absolute Gasteiger partial charge is 0.496 e. The van der Waals surface area contributed by atoms with Gasteiger partial charge < -0.3 is 9.26 Å². The van der Waals surface area contributed by atoms with Crippen LogP contribution in [0, 0.1) is 6.92 Å². The van der Waals surface area contributed by atoms with Crippen LogP contribution in [0.2, 0.25) is 0 Å². The molecule has 0 radical (unpaired) electrons. The van der Waals surface area contributed by atoms with E-state index in [0.717, 1.165) is 11.1 Å². The average molecular weight is 330 g/mol. The maximum Gasteiger partial charge on any atom is 0.253 e. The van der Waals surface area contributed by atoms with E-state index in [1.54, 1.807) is 26.2 Å². The van der Waals surface area contributed by atoms with Gasteiger partial charge in [0.2, 0.25) is 11.7 Å². The summed E-state index contributed by atoms with van der Waals surface area (Å²) >= 11 is 5.42. The number of pyridine rings is 1. The lowest BCUT2D eigenvalue weighted by atomic mass is 10.1. The summed E-state index contributed by atoms with van der Waals surface area (Å²) in [7, 11) is 1.57. The third-order valence-electron chi connectivity index (χ3n) is 3.25. The molecule has 23 heavy (non-hydrogen) atoms. The topological polar surface area (TPSA) is 78.1 Å². The molecule has 0 aliphatic heterocycles. The molecule has 0 saturated heterocycles. The molecule has 0 atom stereocenters. The van der Waals surface area contributed by atoms with Crippen molar-refractivity contribution in [3.05, 3.63) is 48.0 Å². The van der Waals surface area contributed by atoms with Crippen LogP contribution >= 0.6 is 11.6 Å². The van der Waals surface area contributed by atoms with E-state index < -0.39 is 5.24 Å². The second-order valence-corrected chi connectivity index (χ2v) is 5.10. The Balaban J connectivity index is 2.01. The number of carbonyl (C=O) groups is 1. The Labute approximate surface area is 137 Å². The quantitative estimate of drug-likeness (QED) is 0.682. The summed E-state index contributed by atoms with van der Waals surface area (Å²) in [5.41, 5.74) is 2.56. The Morgan fingerprint density at radius 2 is 2.09 bits per heavy atom. The van der Waals surface area contributed by atoms with E-state index in [9.17, 15) is 4.79 Å². The van der Waals surface area contributed by atoms with Crippen LogP contribution in [0.15, 0.2) is 41.1 Å². The van der Waals surface area contributed by atoms with E-state index in [1.807, 2.05) is 18.2 Å². The number of benzene rings is 1. The molecule has 0 spiro atoms. The van der Waals surface area contributed by atoms with Gasteiger partial charge in [0.05, 0.1) is 18.4 Å². The zero-order chi connectivity index (χ0) is 16.4. The molecule has 1 aromatic carbocycles. The van der Waals surface area contributed by atoms with Crippen LogP contribution in [0.4, 0.5) is 0 Å². The summed E-state index contributed by atoms with van der Waals surface area (Å²) in [5.74, 6) is 1.59. The first-order chi connectivity index (χ1) is 11.1. The first-order valence-corrected chi connectivity index (χ1v) is 7.11. The van der Waals surface area contributed by atoms with Crippen molar-refractivity contribution >= 4 is 16.8 Å². The Hall–Kier alpha value is -2.73. The minimum atomic E-state index is -0.543. The van der Waals surface area contributed by atoms with Gasteiger partial charge in [0.15, 0.2) is 0 Å². The number of methoxy groups -OCH3 is 1. The van der Waals surface area contributed by atoms with E-state index in [4.69, 9.17) is 20.9 Å². The van der Waals surface area contributed by atoms with Crippen molar-refractivity contribution < 1.29 is 14.1 Å². The second-order valence-electron chi connectivity index (χ2n) is 4.76. The SMILES string of the molecule is COc1cc(-c2noc(C)n2)ccc1-c1ccc(C(=O)Cl)cn1. The lowest BCUT2D eigenvalue weighted by Gasteiger charge is -2.09. The third kappa shape index (κ3) is 3.07. The molecule has 0 aliphatic rings. The van der Waals surface area contributed by atoms with Crippen molar-refractivity contribution in [3.8, 4) is 28.4 Å². The van der Waals surface area contributed by atoms with Crippen LogP contribution in [0.5, 0.6) is 5.75 Å². The molecule has 0 fully saturated rings. The molecule has 3 rings (SSSR count). The third-order valence-corrected chi connectivity index (χ3v) is 3.47. The van der Waals surface area contributed by atoms with Crippen molar-refractivity contribution in [1.29, 1.82) is 0 Å². The zero-order valence-corrected chi connectivity index (χ0v) is 13.2. The lowest BCUT2D eigenvalue weighted by Crippen LogP contribution is -1.94. The van der Waals surface area contributed by atoms with Crippen LogP contribution in [-0.2, 0) is 0 Å². The summed E-state index contributed by atoms with van der Waals surface area (Å²) < 4.78 is 10.4. The van der Waals surface area contributed by atoms with Gasteiger partial charge in [-0.3, -0.25) is 9.78 Å².